The van der Waals surface area contributed by atoms with E-state index in [-0.39, 0.29) is 6.04 Å². The van der Waals surface area contributed by atoms with E-state index in [1.807, 2.05) is 25.1 Å². The molecule has 0 amide bonds. The number of benzene rings is 1. The van der Waals surface area contributed by atoms with Crippen molar-refractivity contribution in [2.24, 2.45) is 0 Å². The number of nitrogens with zero attached hydrogens (tertiary/aromatic N) is 3. The van der Waals surface area contributed by atoms with E-state index in [9.17, 15) is 5.11 Å². The number of nitriles is 1. The van der Waals surface area contributed by atoms with Gasteiger partial charge in [0.15, 0.2) is 0 Å². The highest BCUT2D eigenvalue weighted by Gasteiger charge is 2.21. The van der Waals surface area contributed by atoms with Gasteiger partial charge in [-0.2, -0.15) is 5.26 Å². The van der Waals surface area contributed by atoms with Gasteiger partial charge in [0.2, 0.25) is 0 Å². The number of para-hydroxylation sites is 2. The highest BCUT2D eigenvalue weighted by atomic mass is 16.3. The van der Waals surface area contributed by atoms with Crippen molar-refractivity contribution >= 4 is 5.69 Å². The van der Waals surface area contributed by atoms with Crippen LogP contribution in [-0.2, 0) is 0 Å². The second kappa shape index (κ2) is 5.07. The van der Waals surface area contributed by atoms with E-state index >= 15 is 0 Å². The minimum absolute atomic E-state index is 0.0264. The van der Waals surface area contributed by atoms with Crippen LogP contribution in [0.4, 0.5) is 5.69 Å². The summed E-state index contributed by atoms with van der Waals surface area (Å²) in [6.45, 7) is 5.36. The highest BCUT2D eigenvalue weighted by Crippen LogP contribution is 2.27. The van der Waals surface area contributed by atoms with Crippen molar-refractivity contribution in [1.29, 1.82) is 5.26 Å². The van der Waals surface area contributed by atoms with E-state index in [0.29, 0.717) is 5.75 Å². The number of phenolic OH excluding ortho intramolecular Hbond substituents is 1. The van der Waals surface area contributed by atoms with Crippen molar-refractivity contribution < 1.29 is 5.11 Å². The summed E-state index contributed by atoms with van der Waals surface area (Å²) < 4.78 is 0. The number of hydrogen-bond acceptors (Lipinski definition) is 4. The van der Waals surface area contributed by atoms with Crippen LogP contribution in [0.3, 0.4) is 0 Å². The van der Waals surface area contributed by atoms with Crippen LogP contribution >= 0.6 is 0 Å². The lowest BCUT2D eigenvalue weighted by Gasteiger charge is -2.37. The zero-order valence-electron chi connectivity index (χ0n) is 10.0. The summed E-state index contributed by atoms with van der Waals surface area (Å²) in [5.74, 6) is 0.328. The Labute approximate surface area is 102 Å². The molecule has 0 radical (unpaired) electrons. The minimum Gasteiger partial charge on any atom is -0.506 e. The molecule has 0 spiro atoms. The molecular formula is C13H17N3O. The molecule has 0 bridgehead atoms. The van der Waals surface area contributed by atoms with E-state index < -0.39 is 0 Å². The maximum atomic E-state index is 9.78. The number of aromatic hydroxyl groups is 1. The Morgan fingerprint density at radius 2 is 1.88 bits per heavy atom. The Bertz CT molecular complexity index is 419. The lowest BCUT2D eigenvalue weighted by atomic mass is 10.2. The first-order valence-corrected chi connectivity index (χ1v) is 5.89. The second-order valence-electron chi connectivity index (χ2n) is 4.32. The first-order chi connectivity index (χ1) is 8.22. The summed E-state index contributed by atoms with van der Waals surface area (Å²) in [5, 5.41) is 18.6. The lowest BCUT2D eigenvalue weighted by molar-refractivity contribution is 0.231. The summed E-state index contributed by atoms with van der Waals surface area (Å²) in [7, 11) is 0. The molecule has 0 saturated carbocycles. The lowest BCUT2D eigenvalue weighted by Crippen LogP contribution is -2.49. The first kappa shape index (κ1) is 11.7. The molecule has 2 rings (SSSR count). The fraction of sp³-hybridized carbons (Fsp3) is 0.462. The molecule has 1 atom stereocenters. The molecule has 90 valence electrons. The fourth-order valence-corrected chi connectivity index (χ4v) is 2.16. The van der Waals surface area contributed by atoms with E-state index in [1.54, 1.807) is 6.07 Å². The molecule has 1 N–H and O–H groups in total. The number of rotatable bonds is 2. The van der Waals surface area contributed by atoms with Gasteiger partial charge in [-0.3, -0.25) is 4.90 Å². The largest absolute Gasteiger partial charge is 0.506 e. The van der Waals surface area contributed by atoms with Crippen LogP contribution in [0.5, 0.6) is 5.75 Å². The molecular weight excluding hydrogens is 214 g/mol. The van der Waals surface area contributed by atoms with Crippen molar-refractivity contribution in [1.82, 2.24) is 4.90 Å². The van der Waals surface area contributed by atoms with Gasteiger partial charge in [0.25, 0.3) is 0 Å². The zero-order valence-corrected chi connectivity index (χ0v) is 10.0. The van der Waals surface area contributed by atoms with Crippen molar-refractivity contribution in [3.05, 3.63) is 24.3 Å². The molecule has 1 heterocycles. The molecule has 1 aromatic rings. The molecule has 4 heteroatoms. The van der Waals surface area contributed by atoms with E-state index in [4.69, 9.17) is 5.26 Å². The molecule has 0 aliphatic carbocycles. The topological polar surface area (TPSA) is 50.5 Å². The molecule has 1 aliphatic heterocycles. The SMILES string of the molecule is C[C@@H](C#N)N1CCN(c2ccccc2O)CC1. The summed E-state index contributed by atoms with van der Waals surface area (Å²) in [5.41, 5.74) is 0.886. The maximum Gasteiger partial charge on any atom is 0.138 e. The van der Waals surface area contributed by atoms with Crippen molar-refractivity contribution in [2.45, 2.75) is 13.0 Å². The zero-order chi connectivity index (χ0) is 12.3. The molecule has 0 unspecified atom stereocenters. The van der Waals surface area contributed by atoms with Crippen LogP contribution in [0.2, 0.25) is 0 Å². The van der Waals surface area contributed by atoms with E-state index in [1.165, 1.54) is 0 Å². The third-order valence-corrected chi connectivity index (χ3v) is 3.27. The second-order valence-corrected chi connectivity index (χ2v) is 4.32. The van der Waals surface area contributed by atoms with E-state index in [2.05, 4.69) is 15.9 Å². The van der Waals surface area contributed by atoms with Crippen LogP contribution in [-0.4, -0.2) is 42.2 Å². The average molecular weight is 231 g/mol. The molecule has 1 fully saturated rings. The monoisotopic (exact) mass is 231 g/mol. The normalized spacial score (nSPS) is 18.7. The van der Waals surface area contributed by atoms with Crippen molar-refractivity contribution in [3.63, 3.8) is 0 Å². The molecule has 1 aromatic carbocycles. The van der Waals surface area contributed by atoms with Gasteiger partial charge in [0.05, 0.1) is 17.8 Å². The summed E-state index contributed by atoms with van der Waals surface area (Å²) in [4.78, 5) is 4.33. The van der Waals surface area contributed by atoms with Crippen LogP contribution in [0.25, 0.3) is 0 Å². The van der Waals surface area contributed by atoms with Gasteiger partial charge in [-0.05, 0) is 19.1 Å². The number of anilines is 1. The molecule has 1 saturated heterocycles. The van der Waals surface area contributed by atoms with Gasteiger partial charge in [-0.1, -0.05) is 12.1 Å². The summed E-state index contributed by atoms with van der Waals surface area (Å²) in [6.07, 6.45) is 0. The van der Waals surface area contributed by atoms with E-state index in [0.717, 1.165) is 31.9 Å². The average Bonchev–Trinajstić information content (AvgIpc) is 2.39. The fourth-order valence-electron chi connectivity index (χ4n) is 2.16. The Kier molecular flexibility index (Phi) is 3.50. The number of hydrogen-bond donors (Lipinski definition) is 1. The Morgan fingerprint density at radius 3 is 2.47 bits per heavy atom. The standard InChI is InChI=1S/C13H17N3O/c1-11(10-14)15-6-8-16(9-7-15)12-4-2-3-5-13(12)17/h2-5,11,17H,6-9H2,1H3/t11-/m0/s1. The van der Waals surface area contributed by atoms with Gasteiger partial charge in [0.1, 0.15) is 5.75 Å². The molecule has 1 aliphatic rings. The Morgan fingerprint density at radius 1 is 1.24 bits per heavy atom. The van der Waals surface area contributed by atoms with Crippen molar-refractivity contribution in [2.75, 3.05) is 31.1 Å². The van der Waals surface area contributed by atoms with Crippen LogP contribution in [0.1, 0.15) is 6.92 Å². The predicted molar refractivity (Wildman–Crippen MR) is 67.0 cm³/mol. The smallest absolute Gasteiger partial charge is 0.138 e. The third-order valence-electron chi connectivity index (χ3n) is 3.27. The van der Waals surface area contributed by atoms with Gasteiger partial charge >= 0.3 is 0 Å². The van der Waals surface area contributed by atoms with Gasteiger partial charge in [-0.15, -0.1) is 0 Å². The van der Waals surface area contributed by atoms with Gasteiger partial charge < -0.3 is 10.0 Å². The van der Waals surface area contributed by atoms with Gasteiger partial charge in [0, 0.05) is 26.2 Å². The van der Waals surface area contributed by atoms with Crippen LogP contribution in [0.15, 0.2) is 24.3 Å². The summed E-state index contributed by atoms with van der Waals surface area (Å²) in [6, 6.07) is 9.63. The van der Waals surface area contributed by atoms with Crippen LogP contribution in [0, 0.1) is 11.3 Å². The van der Waals surface area contributed by atoms with Crippen LogP contribution < -0.4 is 4.90 Å². The Balaban J connectivity index is 2.01. The number of piperazine rings is 1. The molecule has 4 nitrogen and oxygen atoms in total. The Hall–Kier alpha value is -1.73. The molecule has 17 heavy (non-hydrogen) atoms. The van der Waals surface area contributed by atoms with Gasteiger partial charge in [-0.25, -0.2) is 0 Å². The quantitative estimate of drug-likeness (QED) is 0.836. The summed E-state index contributed by atoms with van der Waals surface area (Å²) >= 11 is 0. The predicted octanol–water partition coefficient (Wildman–Crippen LogP) is 1.43. The number of phenols is 1. The minimum atomic E-state index is -0.0264. The molecule has 0 aromatic heterocycles. The third kappa shape index (κ3) is 2.51. The van der Waals surface area contributed by atoms with Crippen molar-refractivity contribution in [3.8, 4) is 11.8 Å². The highest BCUT2D eigenvalue weighted by molar-refractivity contribution is 5.57. The maximum absolute atomic E-state index is 9.78. The first-order valence-electron chi connectivity index (χ1n) is 5.89.